The van der Waals surface area contributed by atoms with Gasteiger partial charge in [-0.3, -0.25) is 14.4 Å². The summed E-state index contributed by atoms with van der Waals surface area (Å²) in [6.07, 6.45) is -1.89. The van der Waals surface area contributed by atoms with Crippen molar-refractivity contribution in [3.05, 3.63) is 86.9 Å². The zero-order valence-corrected chi connectivity index (χ0v) is 24.9. The number of nitrogens with one attached hydrogen (secondary N) is 3. The molecule has 2 aromatic heterocycles. The van der Waals surface area contributed by atoms with Crippen LogP contribution in [0, 0.1) is 6.92 Å². The van der Waals surface area contributed by atoms with Gasteiger partial charge in [-0.1, -0.05) is 12.1 Å². The number of alkyl halides is 3. The highest BCUT2D eigenvalue weighted by molar-refractivity contribution is 7.21. The molecule has 2 aliphatic rings. The molecular formula is C31H30F3N7O3S. The van der Waals surface area contributed by atoms with Gasteiger partial charge in [-0.25, -0.2) is 4.98 Å². The first-order valence-electron chi connectivity index (χ1n) is 14.2. The van der Waals surface area contributed by atoms with E-state index in [2.05, 4.69) is 20.9 Å². The first-order chi connectivity index (χ1) is 21.3. The number of halogens is 3. The van der Waals surface area contributed by atoms with E-state index in [0.717, 1.165) is 37.7 Å². The summed E-state index contributed by atoms with van der Waals surface area (Å²) in [5.41, 5.74) is 19.4. The van der Waals surface area contributed by atoms with Crippen LogP contribution in [0.2, 0.25) is 0 Å². The van der Waals surface area contributed by atoms with E-state index in [-0.39, 0.29) is 23.3 Å². The summed E-state index contributed by atoms with van der Waals surface area (Å²) in [5.74, 6) is -1.84. The van der Waals surface area contributed by atoms with Crippen LogP contribution in [-0.2, 0) is 16.5 Å². The quantitative estimate of drug-likeness (QED) is 0.179. The van der Waals surface area contributed by atoms with Gasteiger partial charge >= 0.3 is 6.18 Å². The van der Waals surface area contributed by atoms with Crippen molar-refractivity contribution in [3.8, 4) is 0 Å². The summed E-state index contributed by atoms with van der Waals surface area (Å²) < 4.78 is 39.9. The molecular weight excluding hydrogens is 607 g/mol. The van der Waals surface area contributed by atoms with E-state index in [0.29, 0.717) is 49.4 Å². The summed E-state index contributed by atoms with van der Waals surface area (Å²) in [4.78, 5) is 44.7. The molecule has 10 nitrogen and oxygen atoms in total. The normalized spacial score (nSPS) is 21.5. The predicted molar refractivity (Wildman–Crippen MR) is 165 cm³/mol. The van der Waals surface area contributed by atoms with Crippen LogP contribution in [0.5, 0.6) is 0 Å². The second kappa shape index (κ2) is 11.2. The molecule has 3 unspecified atom stereocenters. The molecule has 0 spiro atoms. The molecule has 0 saturated carbocycles. The molecule has 1 saturated heterocycles. The summed E-state index contributed by atoms with van der Waals surface area (Å²) in [7, 11) is 0. The summed E-state index contributed by atoms with van der Waals surface area (Å²) >= 11 is 1.17. The number of thiophene rings is 1. The highest BCUT2D eigenvalue weighted by atomic mass is 32.1. The molecule has 3 atom stereocenters. The van der Waals surface area contributed by atoms with Crippen molar-refractivity contribution < 1.29 is 27.6 Å². The first kappa shape index (κ1) is 30.6. The lowest BCUT2D eigenvalue weighted by atomic mass is 9.69. The Hall–Kier alpha value is -4.37. The lowest BCUT2D eigenvalue weighted by molar-refractivity contribution is -0.137. The third-order valence-electron chi connectivity index (χ3n) is 8.39. The molecule has 0 radical (unpaired) electrons. The van der Waals surface area contributed by atoms with Crippen molar-refractivity contribution in [2.45, 2.75) is 43.6 Å². The molecule has 2 aromatic carbocycles. The number of nitrogens with zero attached hydrogens (tertiary/aromatic N) is 1. The Balaban J connectivity index is 1.37. The van der Waals surface area contributed by atoms with Crippen molar-refractivity contribution in [2.24, 2.45) is 11.5 Å². The number of Topliss-reactive ketones (excluding diaryl/α,β-unsaturated/α-hetero) is 1. The topological polar surface area (TPSA) is 178 Å². The fourth-order valence-electron chi connectivity index (χ4n) is 6.16. The molecule has 1 aliphatic carbocycles. The second-order valence-corrected chi connectivity index (χ2v) is 12.3. The summed E-state index contributed by atoms with van der Waals surface area (Å²) in [6, 6.07) is 7.97. The van der Waals surface area contributed by atoms with E-state index >= 15 is 0 Å². The van der Waals surface area contributed by atoms with Gasteiger partial charge in [0.15, 0.2) is 5.78 Å². The molecule has 6 rings (SSSR count). The average Bonchev–Trinajstić information content (AvgIpc) is 3.42. The van der Waals surface area contributed by atoms with Gasteiger partial charge in [0, 0.05) is 41.0 Å². The SMILES string of the molecule is Cc1cc(C(=O)Nc2cc(C(F)(F)F)ccn2)ccc1C1(N)C(=O)C(N)c2c(C(=O)NC3CCCNC3)sc3c(N)ccc1c23. The van der Waals surface area contributed by atoms with Crippen LogP contribution in [-0.4, -0.2) is 41.7 Å². The minimum absolute atomic E-state index is 0.0627. The number of carbonyl (C=O) groups excluding carboxylic acids is 3. The van der Waals surface area contributed by atoms with E-state index in [1.807, 2.05) is 0 Å². The molecule has 2 amide bonds. The number of ketones is 1. The number of aryl methyl sites for hydroxylation is 1. The molecule has 45 heavy (non-hydrogen) atoms. The Morgan fingerprint density at radius 3 is 2.56 bits per heavy atom. The fourth-order valence-corrected chi connectivity index (χ4v) is 7.37. The Morgan fingerprint density at radius 1 is 1.11 bits per heavy atom. The van der Waals surface area contributed by atoms with Crippen molar-refractivity contribution >= 4 is 50.5 Å². The van der Waals surface area contributed by atoms with Gasteiger partial charge in [-0.2, -0.15) is 13.2 Å². The average molecular weight is 638 g/mol. The highest BCUT2D eigenvalue weighted by Gasteiger charge is 2.49. The zero-order chi connectivity index (χ0) is 32.3. The lowest BCUT2D eigenvalue weighted by Gasteiger charge is -2.37. The van der Waals surface area contributed by atoms with Crippen molar-refractivity contribution in [1.82, 2.24) is 15.6 Å². The lowest BCUT2D eigenvalue weighted by Crippen LogP contribution is -2.53. The van der Waals surface area contributed by atoms with Gasteiger partial charge in [0.2, 0.25) is 0 Å². The van der Waals surface area contributed by atoms with Crippen LogP contribution >= 0.6 is 11.3 Å². The Bertz CT molecular complexity index is 1870. The number of nitrogen functional groups attached to an aromatic ring is 1. The molecule has 1 aliphatic heterocycles. The molecule has 1 fully saturated rings. The molecule has 0 bridgehead atoms. The van der Waals surface area contributed by atoms with E-state index in [1.165, 1.54) is 29.5 Å². The standard InChI is InChI=1S/C31H30F3N7O3S/c1-14-11-15(28(43)41-21-12-16(8-10-39-21)31(32,33)34)4-5-18(14)30(37)19-6-7-20(35)25-22(19)23(24(36)27(30)42)26(45-25)29(44)40-17-3-2-9-38-13-17/h4-8,10-12,17,24,38H,2-3,9,13,35-37H2,1H3,(H,40,44)(H,39,41,43). The number of hydrogen-bond donors (Lipinski definition) is 6. The van der Waals surface area contributed by atoms with Crippen LogP contribution in [0.25, 0.3) is 10.1 Å². The molecule has 3 heterocycles. The molecule has 14 heteroatoms. The van der Waals surface area contributed by atoms with Crippen molar-refractivity contribution in [1.29, 1.82) is 0 Å². The van der Waals surface area contributed by atoms with E-state index in [1.54, 1.807) is 19.1 Å². The third-order valence-corrected chi connectivity index (χ3v) is 9.65. The maximum Gasteiger partial charge on any atom is 0.416 e. The van der Waals surface area contributed by atoms with Gasteiger partial charge in [0.1, 0.15) is 11.4 Å². The van der Waals surface area contributed by atoms with Crippen molar-refractivity contribution in [2.75, 3.05) is 24.1 Å². The number of piperidine rings is 1. The summed E-state index contributed by atoms with van der Waals surface area (Å²) in [5, 5.41) is 9.24. The van der Waals surface area contributed by atoms with Crippen LogP contribution in [0.4, 0.5) is 24.7 Å². The van der Waals surface area contributed by atoms with Gasteiger partial charge in [0.05, 0.1) is 21.2 Å². The zero-order valence-electron chi connectivity index (χ0n) is 24.0. The van der Waals surface area contributed by atoms with Crippen LogP contribution in [0.3, 0.4) is 0 Å². The number of nitrogens with two attached hydrogens (primary N) is 3. The number of rotatable bonds is 5. The maximum absolute atomic E-state index is 14.1. The first-order valence-corrected chi connectivity index (χ1v) is 15.0. The minimum atomic E-state index is -4.60. The monoisotopic (exact) mass is 637 g/mol. The largest absolute Gasteiger partial charge is 0.416 e. The van der Waals surface area contributed by atoms with Gasteiger partial charge < -0.3 is 33.2 Å². The predicted octanol–water partition coefficient (Wildman–Crippen LogP) is 3.72. The number of anilines is 2. The Morgan fingerprint density at radius 2 is 1.87 bits per heavy atom. The number of carbonyl (C=O) groups is 3. The number of benzene rings is 2. The van der Waals surface area contributed by atoms with Gasteiger partial charge in [0.25, 0.3) is 11.8 Å². The Labute approximate surface area is 259 Å². The minimum Gasteiger partial charge on any atom is -0.398 e. The number of aromatic nitrogens is 1. The van der Waals surface area contributed by atoms with E-state index in [4.69, 9.17) is 17.2 Å². The molecule has 234 valence electrons. The fraction of sp³-hybridized carbons (Fsp3) is 0.290. The maximum atomic E-state index is 14.1. The van der Waals surface area contributed by atoms with E-state index < -0.39 is 35.0 Å². The van der Waals surface area contributed by atoms with Gasteiger partial charge in [-0.15, -0.1) is 11.3 Å². The third kappa shape index (κ3) is 5.23. The number of pyridine rings is 1. The van der Waals surface area contributed by atoms with Crippen molar-refractivity contribution in [3.63, 3.8) is 0 Å². The summed E-state index contributed by atoms with van der Waals surface area (Å²) in [6.45, 7) is 3.19. The highest BCUT2D eigenvalue weighted by Crippen LogP contribution is 2.50. The molecule has 9 N–H and O–H groups in total. The molecule has 4 aromatic rings. The van der Waals surface area contributed by atoms with E-state index in [9.17, 15) is 27.6 Å². The van der Waals surface area contributed by atoms with Gasteiger partial charge in [-0.05, 0) is 73.3 Å². The smallest absolute Gasteiger partial charge is 0.398 e. The number of hydrogen-bond acceptors (Lipinski definition) is 9. The van der Waals surface area contributed by atoms with Crippen LogP contribution in [0.1, 0.15) is 66.7 Å². The number of amides is 2. The second-order valence-electron chi connectivity index (χ2n) is 11.3. The van der Waals surface area contributed by atoms with Crippen LogP contribution < -0.4 is 33.2 Å². The Kier molecular flexibility index (Phi) is 7.64. The van der Waals surface area contributed by atoms with Crippen LogP contribution in [0.15, 0.2) is 48.7 Å².